The molecule has 1 aromatic heterocycles. The maximum absolute atomic E-state index is 12.6. The molecule has 2 rings (SSSR count). The average molecular weight is 389 g/mol. The summed E-state index contributed by atoms with van der Waals surface area (Å²) in [6, 6.07) is 4.84. The van der Waals surface area contributed by atoms with E-state index in [4.69, 9.17) is 18.9 Å². The predicted molar refractivity (Wildman–Crippen MR) is 105 cm³/mol. The number of hydrogen-bond acceptors (Lipinski definition) is 6. The zero-order valence-electron chi connectivity index (χ0n) is 17.3. The van der Waals surface area contributed by atoms with Crippen LogP contribution < -0.4 is 14.2 Å². The van der Waals surface area contributed by atoms with Crippen LogP contribution in [0.2, 0.25) is 0 Å². The van der Waals surface area contributed by atoms with Gasteiger partial charge in [-0.25, -0.2) is 4.79 Å². The van der Waals surface area contributed by atoms with Gasteiger partial charge >= 0.3 is 5.97 Å². The van der Waals surface area contributed by atoms with Gasteiger partial charge in [-0.15, -0.1) is 0 Å². The highest BCUT2D eigenvalue weighted by molar-refractivity contribution is 6.01. The van der Waals surface area contributed by atoms with Gasteiger partial charge in [-0.1, -0.05) is 6.92 Å². The van der Waals surface area contributed by atoms with Gasteiger partial charge in [0.25, 0.3) is 0 Å². The molecule has 0 aliphatic carbocycles. The average Bonchev–Trinajstić information content (AvgIpc) is 2.99. The fourth-order valence-corrected chi connectivity index (χ4v) is 3.13. The van der Waals surface area contributed by atoms with Gasteiger partial charge in [-0.05, 0) is 26.3 Å². The highest BCUT2D eigenvalue weighted by Gasteiger charge is 2.21. The Bertz CT molecular complexity index is 868. The number of Topliss-reactive ketones (excluding diaryl/α,β-unsaturated/α-hetero) is 1. The van der Waals surface area contributed by atoms with Crippen molar-refractivity contribution in [2.24, 2.45) is 0 Å². The summed E-state index contributed by atoms with van der Waals surface area (Å²) in [5, 5.41) is 0. The molecule has 1 aromatic carbocycles. The number of esters is 1. The fraction of sp³-hybridized carbons (Fsp3) is 0.429. The molecular weight excluding hydrogens is 362 g/mol. The molecule has 0 unspecified atom stereocenters. The molecule has 0 amide bonds. The molecule has 2 aromatic rings. The fourth-order valence-electron chi connectivity index (χ4n) is 3.13. The van der Waals surface area contributed by atoms with Crippen molar-refractivity contribution in [3.63, 3.8) is 0 Å². The molecule has 0 spiro atoms. The largest absolute Gasteiger partial charge is 0.496 e. The van der Waals surface area contributed by atoms with Crippen LogP contribution in [0.15, 0.2) is 18.2 Å². The van der Waals surface area contributed by atoms with E-state index in [-0.39, 0.29) is 23.7 Å². The van der Waals surface area contributed by atoms with Crippen LogP contribution in [-0.4, -0.2) is 44.3 Å². The molecule has 0 aliphatic heterocycles. The minimum Gasteiger partial charge on any atom is -0.496 e. The maximum Gasteiger partial charge on any atom is 0.342 e. The van der Waals surface area contributed by atoms with E-state index in [0.717, 1.165) is 24.4 Å². The maximum atomic E-state index is 12.6. The molecule has 0 saturated heterocycles. The highest BCUT2D eigenvalue weighted by Crippen LogP contribution is 2.35. The summed E-state index contributed by atoms with van der Waals surface area (Å²) >= 11 is 0. The van der Waals surface area contributed by atoms with Crippen LogP contribution in [0, 0.1) is 13.8 Å². The SMILES string of the molecule is CCCn1c(C)cc(C(=O)COC(=O)c2cc(OC)c(OC)cc2OC)c1C. The van der Waals surface area contributed by atoms with E-state index in [1.54, 1.807) is 0 Å². The molecule has 0 atom stereocenters. The number of ketones is 1. The number of benzene rings is 1. The lowest BCUT2D eigenvalue weighted by Crippen LogP contribution is -2.16. The standard InChI is InChI=1S/C21H27NO6/c1-7-8-22-13(2)9-15(14(22)3)17(23)12-28-21(24)16-10-19(26-5)20(27-6)11-18(16)25-4/h9-11H,7-8,12H2,1-6H3. The summed E-state index contributed by atoms with van der Waals surface area (Å²) in [4.78, 5) is 25.1. The Morgan fingerprint density at radius 3 is 2.07 bits per heavy atom. The lowest BCUT2D eigenvalue weighted by atomic mass is 10.1. The van der Waals surface area contributed by atoms with Crippen LogP contribution in [0.1, 0.15) is 45.4 Å². The van der Waals surface area contributed by atoms with Gasteiger partial charge in [0.05, 0.1) is 21.3 Å². The van der Waals surface area contributed by atoms with Crippen LogP contribution in [0.5, 0.6) is 17.2 Å². The Hall–Kier alpha value is -2.96. The minimum absolute atomic E-state index is 0.157. The molecule has 0 aliphatic rings. The number of carbonyl (C=O) groups is 2. The zero-order chi connectivity index (χ0) is 20.8. The number of hydrogen-bond donors (Lipinski definition) is 0. The van der Waals surface area contributed by atoms with Crippen molar-refractivity contribution >= 4 is 11.8 Å². The van der Waals surface area contributed by atoms with Gasteiger partial charge in [0.15, 0.2) is 18.1 Å². The van der Waals surface area contributed by atoms with Crippen LogP contribution in [-0.2, 0) is 11.3 Å². The van der Waals surface area contributed by atoms with Crippen molar-refractivity contribution in [3.05, 3.63) is 40.7 Å². The molecule has 152 valence electrons. The molecule has 0 fully saturated rings. The van der Waals surface area contributed by atoms with Crippen molar-refractivity contribution in [1.29, 1.82) is 0 Å². The first-order chi connectivity index (χ1) is 13.4. The van der Waals surface area contributed by atoms with Crippen molar-refractivity contribution in [2.45, 2.75) is 33.7 Å². The Morgan fingerprint density at radius 1 is 0.893 bits per heavy atom. The summed E-state index contributed by atoms with van der Waals surface area (Å²) in [6.07, 6.45) is 0.970. The van der Waals surface area contributed by atoms with E-state index < -0.39 is 5.97 Å². The summed E-state index contributed by atoms with van der Waals surface area (Å²) in [5.41, 5.74) is 2.61. The molecule has 0 N–H and O–H groups in total. The third-order valence-corrected chi connectivity index (χ3v) is 4.58. The quantitative estimate of drug-likeness (QED) is 0.482. The molecule has 28 heavy (non-hydrogen) atoms. The Balaban J connectivity index is 2.18. The van der Waals surface area contributed by atoms with E-state index in [1.807, 2.05) is 19.9 Å². The normalized spacial score (nSPS) is 10.5. The summed E-state index contributed by atoms with van der Waals surface area (Å²) < 4.78 is 23.0. The van der Waals surface area contributed by atoms with Gasteiger partial charge in [0.2, 0.25) is 5.78 Å². The van der Waals surface area contributed by atoms with Crippen molar-refractivity contribution in [2.75, 3.05) is 27.9 Å². The van der Waals surface area contributed by atoms with E-state index >= 15 is 0 Å². The summed E-state index contributed by atoms with van der Waals surface area (Å²) in [7, 11) is 4.39. The first kappa shape index (κ1) is 21.3. The summed E-state index contributed by atoms with van der Waals surface area (Å²) in [5.74, 6) is 0.146. The lowest BCUT2D eigenvalue weighted by molar-refractivity contribution is 0.0471. The molecule has 7 heteroatoms. The van der Waals surface area contributed by atoms with Crippen molar-refractivity contribution in [3.8, 4) is 17.2 Å². The van der Waals surface area contributed by atoms with Gasteiger partial charge in [0.1, 0.15) is 11.3 Å². The molecule has 0 bridgehead atoms. The van der Waals surface area contributed by atoms with Crippen molar-refractivity contribution in [1.82, 2.24) is 4.57 Å². The van der Waals surface area contributed by atoms with E-state index in [0.29, 0.717) is 17.1 Å². The van der Waals surface area contributed by atoms with Crippen LogP contribution in [0.25, 0.3) is 0 Å². The second-order valence-corrected chi connectivity index (χ2v) is 6.34. The second-order valence-electron chi connectivity index (χ2n) is 6.34. The van der Waals surface area contributed by atoms with Crippen LogP contribution in [0.4, 0.5) is 0 Å². The smallest absolute Gasteiger partial charge is 0.342 e. The number of methoxy groups -OCH3 is 3. The molecule has 7 nitrogen and oxygen atoms in total. The molecule has 0 radical (unpaired) electrons. The third kappa shape index (κ3) is 4.30. The van der Waals surface area contributed by atoms with Gasteiger partial charge in [0, 0.05) is 35.6 Å². The number of aryl methyl sites for hydroxylation is 1. The second kappa shape index (κ2) is 9.30. The highest BCUT2D eigenvalue weighted by atomic mass is 16.5. The van der Waals surface area contributed by atoms with E-state index in [2.05, 4.69) is 11.5 Å². The van der Waals surface area contributed by atoms with Gasteiger partial charge in [-0.3, -0.25) is 4.79 Å². The molecule has 1 heterocycles. The minimum atomic E-state index is -0.673. The molecular formula is C21H27NO6. The first-order valence-electron chi connectivity index (χ1n) is 9.04. The number of ether oxygens (including phenoxy) is 4. The van der Waals surface area contributed by atoms with Crippen molar-refractivity contribution < 1.29 is 28.5 Å². The third-order valence-electron chi connectivity index (χ3n) is 4.58. The van der Waals surface area contributed by atoms with Gasteiger partial charge in [-0.2, -0.15) is 0 Å². The van der Waals surface area contributed by atoms with E-state index in [9.17, 15) is 9.59 Å². The Kier molecular flexibility index (Phi) is 7.09. The van der Waals surface area contributed by atoms with Gasteiger partial charge < -0.3 is 23.5 Å². The predicted octanol–water partition coefficient (Wildman–Crippen LogP) is 3.58. The van der Waals surface area contributed by atoms with Crippen LogP contribution >= 0.6 is 0 Å². The Morgan fingerprint density at radius 2 is 1.50 bits per heavy atom. The first-order valence-corrected chi connectivity index (χ1v) is 9.04. The molecule has 0 saturated carbocycles. The number of rotatable bonds is 9. The zero-order valence-corrected chi connectivity index (χ0v) is 17.3. The van der Waals surface area contributed by atoms with Crippen LogP contribution in [0.3, 0.4) is 0 Å². The van der Waals surface area contributed by atoms with E-state index in [1.165, 1.54) is 33.5 Å². The number of nitrogens with zero attached hydrogens (tertiary/aromatic N) is 1. The topological polar surface area (TPSA) is 76.0 Å². The summed E-state index contributed by atoms with van der Waals surface area (Å²) in [6.45, 7) is 6.42. The lowest BCUT2D eigenvalue weighted by Gasteiger charge is -2.13. The Labute approximate surface area is 165 Å². The monoisotopic (exact) mass is 389 g/mol. The number of aromatic nitrogens is 1. The number of carbonyl (C=O) groups excluding carboxylic acids is 2.